The summed E-state index contributed by atoms with van der Waals surface area (Å²) in [6.45, 7) is 1.09. The Hall–Kier alpha value is -2.66. The van der Waals surface area contributed by atoms with E-state index in [1.54, 1.807) is 0 Å². The molecular weight excluding hydrogens is 475 g/mol. The highest BCUT2D eigenvalue weighted by Gasteiger charge is 2.35. The summed E-state index contributed by atoms with van der Waals surface area (Å²) in [6, 6.07) is 7.38. The molecule has 1 amide bonds. The van der Waals surface area contributed by atoms with Crippen molar-refractivity contribution in [1.82, 2.24) is 14.9 Å². The van der Waals surface area contributed by atoms with Crippen molar-refractivity contribution in [2.24, 2.45) is 5.73 Å². The highest BCUT2D eigenvalue weighted by molar-refractivity contribution is 7.16. The van der Waals surface area contributed by atoms with Crippen molar-refractivity contribution in [3.63, 3.8) is 0 Å². The minimum atomic E-state index is -4.58. The number of aromatic amines is 1. The fourth-order valence-electron chi connectivity index (χ4n) is 4.40. The molecule has 2 aromatic heterocycles. The smallest absolute Gasteiger partial charge is 0.357 e. The van der Waals surface area contributed by atoms with Crippen LogP contribution in [-0.4, -0.2) is 39.9 Å². The molecule has 0 unspecified atom stereocenters. The van der Waals surface area contributed by atoms with Gasteiger partial charge in [-0.1, -0.05) is 11.6 Å². The van der Waals surface area contributed by atoms with Crippen LogP contribution in [0.2, 0.25) is 5.02 Å². The molecule has 5 rings (SSSR count). The second-order valence-corrected chi connectivity index (χ2v) is 9.28. The minimum Gasteiger partial charge on any atom is -0.357 e. The molecule has 0 radical (unpaired) electrons. The number of halogens is 4. The fraction of sp³-hybridized carbons (Fsp3) is 0.273. The van der Waals surface area contributed by atoms with Crippen LogP contribution < -0.4 is 11.1 Å². The molecule has 0 aliphatic carbocycles. The van der Waals surface area contributed by atoms with Gasteiger partial charge in [0.05, 0.1) is 21.3 Å². The van der Waals surface area contributed by atoms with E-state index < -0.39 is 23.7 Å². The van der Waals surface area contributed by atoms with Gasteiger partial charge in [-0.3, -0.25) is 9.69 Å². The number of nitrogens with two attached hydrogens (primary N) is 1. The number of carbonyl (C=O) groups excluding carboxylic acids is 1. The van der Waals surface area contributed by atoms with Gasteiger partial charge in [-0.25, -0.2) is 4.98 Å². The third-order valence-electron chi connectivity index (χ3n) is 5.94. The van der Waals surface area contributed by atoms with Crippen molar-refractivity contribution in [2.75, 3.05) is 18.4 Å². The van der Waals surface area contributed by atoms with Crippen LogP contribution in [0.3, 0.4) is 0 Å². The summed E-state index contributed by atoms with van der Waals surface area (Å²) >= 11 is 7.22. The molecule has 172 valence electrons. The van der Waals surface area contributed by atoms with Gasteiger partial charge in [-0.15, -0.1) is 11.3 Å². The number of hydrogen-bond donors (Lipinski definition) is 3. The topological polar surface area (TPSA) is 87.0 Å². The second kappa shape index (κ2) is 8.28. The van der Waals surface area contributed by atoms with E-state index in [4.69, 9.17) is 17.3 Å². The SMILES string of the molecule is NC[C@@H](C(=O)Nc1cc(C(F)(F)F)c2ncsc2c1)N1CCc2c([nH]c3ccc(Cl)cc23)C1. The molecule has 1 atom stereocenters. The Morgan fingerprint density at radius 1 is 1.33 bits per heavy atom. The molecule has 0 fully saturated rings. The number of carbonyl (C=O) groups is 1. The molecular formula is C22H19ClF3N5OS. The average molecular weight is 494 g/mol. The largest absolute Gasteiger partial charge is 0.418 e. The predicted octanol–water partition coefficient (Wildman–Crippen LogP) is 4.77. The van der Waals surface area contributed by atoms with Crippen LogP contribution in [0, 0.1) is 0 Å². The summed E-state index contributed by atoms with van der Waals surface area (Å²) in [6.07, 6.45) is -3.88. The number of thiazole rings is 1. The van der Waals surface area contributed by atoms with Crippen molar-refractivity contribution in [2.45, 2.75) is 25.2 Å². The van der Waals surface area contributed by atoms with E-state index in [0.29, 0.717) is 29.2 Å². The van der Waals surface area contributed by atoms with Crippen molar-refractivity contribution >= 4 is 55.7 Å². The van der Waals surface area contributed by atoms with Crippen LogP contribution in [0.5, 0.6) is 0 Å². The second-order valence-electron chi connectivity index (χ2n) is 7.95. The first-order valence-corrected chi connectivity index (χ1v) is 11.5. The number of anilines is 1. The van der Waals surface area contributed by atoms with Crippen LogP contribution in [0.15, 0.2) is 35.8 Å². The molecule has 0 bridgehead atoms. The number of hydrogen-bond acceptors (Lipinski definition) is 5. The van der Waals surface area contributed by atoms with Gasteiger partial charge in [0.25, 0.3) is 0 Å². The molecule has 1 aliphatic rings. The highest BCUT2D eigenvalue weighted by Crippen LogP contribution is 2.38. The third kappa shape index (κ3) is 4.08. The van der Waals surface area contributed by atoms with Crippen molar-refractivity contribution in [3.8, 4) is 0 Å². The molecule has 0 saturated heterocycles. The third-order valence-corrected chi connectivity index (χ3v) is 6.95. The maximum absolute atomic E-state index is 13.5. The number of benzene rings is 2. The van der Waals surface area contributed by atoms with Crippen LogP contribution in [0.1, 0.15) is 16.8 Å². The lowest BCUT2D eigenvalue weighted by Crippen LogP contribution is -2.50. The average Bonchev–Trinajstić information content (AvgIpc) is 3.36. The first-order chi connectivity index (χ1) is 15.7. The predicted molar refractivity (Wildman–Crippen MR) is 124 cm³/mol. The maximum atomic E-state index is 13.5. The van der Waals surface area contributed by atoms with Crippen LogP contribution >= 0.6 is 22.9 Å². The molecule has 11 heteroatoms. The Bertz CT molecular complexity index is 1370. The van der Waals surface area contributed by atoms with Crippen molar-refractivity contribution in [3.05, 3.63) is 57.7 Å². The Morgan fingerprint density at radius 3 is 2.91 bits per heavy atom. The Kier molecular flexibility index (Phi) is 5.56. The molecule has 1 aliphatic heterocycles. The molecule has 6 nitrogen and oxygen atoms in total. The van der Waals surface area contributed by atoms with Crippen LogP contribution in [-0.2, 0) is 23.9 Å². The Balaban J connectivity index is 1.39. The van der Waals surface area contributed by atoms with Crippen molar-refractivity contribution < 1.29 is 18.0 Å². The number of rotatable bonds is 4. The van der Waals surface area contributed by atoms with Crippen LogP contribution in [0.4, 0.5) is 18.9 Å². The van der Waals surface area contributed by atoms with Gasteiger partial charge < -0.3 is 16.0 Å². The van der Waals surface area contributed by atoms with E-state index in [0.717, 1.165) is 39.6 Å². The highest BCUT2D eigenvalue weighted by atomic mass is 35.5. The lowest BCUT2D eigenvalue weighted by atomic mass is 10.0. The van der Waals surface area contributed by atoms with E-state index >= 15 is 0 Å². The molecule has 4 N–H and O–H groups in total. The molecule has 0 spiro atoms. The summed E-state index contributed by atoms with van der Waals surface area (Å²) in [5.41, 5.74) is 9.46. The molecule has 0 saturated carbocycles. The van der Waals surface area contributed by atoms with E-state index in [1.807, 2.05) is 23.1 Å². The van der Waals surface area contributed by atoms with E-state index in [9.17, 15) is 18.0 Å². The monoisotopic (exact) mass is 493 g/mol. The first kappa shape index (κ1) is 22.1. The van der Waals surface area contributed by atoms with E-state index in [1.165, 1.54) is 11.6 Å². The zero-order chi connectivity index (χ0) is 23.3. The zero-order valence-electron chi connectivity index (χ0n) is 17.2. The lowest BCUT2D eigenvalue weighted by Gasteiger charge is -2.33. The Morgan fingerprint density at radius 2 is 2.15 bits per heavy atom. The van der Waals surface area contributed by atoms with Gasteiger partial charge in [0.2, 0.25) is 5.91 Å². The number of H-pyrrole nitrogens is 1. The quantitative estimate of drug-likeness (QED) is 0.382. The Labute approximate surface area is 195 Å². The molecule has 2 aromatic carbocycles. The summed E-state index contributed by atoms with van der Waals surface area (Å²) in [7, 11) is 0. The molecule has 3 heterocycles. The fourth-order valence-corrected chi connectivity index (χ4v) is 5.32. The van der Waals surface area contributed by atoms with Gasteiger partial charge in [0, 0.05) is 46.9 Å². The zero-order valence-corrected chi connectivity index (χ0v) is 18.7. The summed E-state index contributed by atoms with van der Waals surface area (Å²) in [5, 5.41) is 4.35. The number of fused-ring (bicyclic) bond motifs is 4. The van der Waals surface area contributed by atoms with Gasteiger partial charge in [0.15, 0.2) is 0 Å². The first-order valence-electron chi connectivity index (χ1n) is 10.2. The molecule has 33 heavy (non-hydrogen) atoms. The maximum Gasteiger partial charge on any atom is 0.418 e. The number of nitrogens with zero attached hydrogens (tertiary/aromatic N) is 2. The number of aromatic nitrogens is 2. The van der Waals surface area contributed by atoms with Crippen molar-refractivity contribution in [1.29, 1.82) is 0 Å². The standard InChI is InChI=1S/C22H19ClF3N5OS/c23-11-1-2-16-14(5-11)13-3-4-31(9-17(13)30-16)18(8-27)21(32)29-12-6-15(22(24,25)26)20-19(7-12)33-10-28-20/h1-2,5-7,10,18,30H,3-4,8-9,27H2,(H,29,32)/t18-/m0/s1. The minimum absolute atomic E-state index is 0.0299. The summed E-state index contributed by atoms with van der Waals surface area (Å²) < 4.78 is 40.8. The van der Waals surface area contributed by atoms with E-state index in [-0.39, 0.29) is 17.7 Å². The summed E-state index contributed by atoms with van der Waals surface area (Å²) in [5.74, 6) is -0.447. The van der Waals surface area contributed by atoms with E-state index in [2.05, 4.69) is 15.3 Å². The molecule has 4 aromatic rings. The van der Waals surface area contributed by atoms with Gasteiger partial charge in [-0.2, -0.15) is 13.2 Å². The lowest BCUT2D eigenvalue weighted by molar-refractivity contribution is -0.136. The van der Waals surface area contributed by atoms with Gasteiger partial charge in [-0.05, 0) is 42.3 Å². The number of nitrogens with one attached hydrogen (secondary N) is 2. The normalized spacial score (nSPS) is 15.7. The summed E-state index contributed by atoms with van der Waals surface area (Å²) in [4.78, 5) is 22.2. The van der Waals surface area contributed by atoms with Crippen LogP contribution in [0.25, 0.3) is 21.1 Å². The van der Waals surface area contributed by atoms with Gasteiger partial charge >= 0.3 is 6.18 Å². The number of alkyl halides is 3. The van der Waals surface area contributed by atoms with Gasteiger partial charge in [0.1, 0.15) is 6.04 Å². The number of amides is 1.